The Kier molecular flexibility index (Phi) is 5.04. The second kappa shape index (κ2) is 6.07. The van der Waals surface area contributed by atoms with Gasteiger partial charge in [0.15, 0.2) is 5.16 Å². The second-order valence-corrected chi connectivity index (χ2v) is 4.19. The van der Waals surface area contributed by atoms with Crippen molar-refractivity contribution in [2.45, 2.75) is 23.3 Å². The highest BCUT2D eigenvalue weighted by Gasteiger charge is 2.07. The van der Waals surface area contributed by atoms with Gasteiger partial charge in [-0.2, -0.15) is 0 Å². The van der Waals surface area contributed by atoms with Crippen LogP contribution in [0.2, 0.25) is 0 Å². The summed E-state index contributed by atoms with van der Waals surface area (Å²) in [5.41, 5.74) is 1.77. The van der Waals surface area contributed by atoms with Crippen molar-refractivity contribution in [2.75, 3.05) is 6.26 Å². The fourth-order valence-electron chi connectivity index (χ4n) is 1.09. The van der Waals surface area contributed by atoms with Crippen LogP contribution in [0.25, 0.3) is 0 Å². The van der Waals surface area contributed by atoms with Crippen molar-refractivity contribution in [1.82, 2.24) is 9.97 Å². The number of carboxylic acid groups (broad SMARTS) is 1. The maximum Gasteiger partial charge on any atom is 0.303 e. The summed E-state index contributed by atoms with van der Waals surface area (Å²) in [6.45, 7) is 0. The normalized spacial score (nSPS) is 10.3. The Morgan fingerprint density at radius 1 is 1.67 bits per heavy atom. The molecule has 0 aliphatic heterocycles. The number of carbonyl (C=O) groups is 1. The average Bonchev–Trinajstić information content (AvgIpc) is 2.25. The molecule has 1 aromatic rings. The highest BCUT2D eigenvalue weighted by molar-refractivity contribution is 9.08. The Hall–Kier alpha value is -0.620. The van der Waals surface area contributed by atoms with E-state index in [9.17, 15) is 4.79 Å². The fraction of sp³-hybridized carbons (Fsp3) is 0.444. The van der Waals surface area contributed by atoms with Crippen LogP contribution in [0.4, 0.5) is 0 Å². The Morgan fingerprint density at radius 3 is 2.93 bits per heavy atom. The molecule has 4 nitrogen and oxygen atoms in total. The van der Waals surface area contributed by atoms with E-state index in [1.165, 1.54) is 11.8 Å². The van der Waals surface area contributed by atoms with E-state index in [1.807, 2.05) is 6.26 Å². The predicted molar refractivity (Wildman–Crippen MR) is 62.4 cm³/mol. The Labute approximate surface area is 101 Å². The molecule has 0 aromatic carbocycles. The van der Waals surface area contributed by atoms with Crippen molar-refractivity contribution < 1.29 is 9.90 Å². The van der Waals surface area contributed by atoms with Gasteiger partial charge in [-0.1, -0.05) is 27.7 Å². The summed E-state index contributed by atoms with van der Waals surface area (Å²) in [6, 6.07) is 0. The molecule has 0 amide bonds. The van der Waals surface area contributed by atoms with Crippen LogP contribution >= 0.6 is 27.7 Å². The standard InChI is InChI=1S/C9H11BrN2O2S/c1-15-9-11-5-6(2-3-8(13)14)7(4-10)12-9/h5H,2-4H2,1H3,(H,13,14). The summed E-state index contributed by atoms with van der Waals surface area (Å²) >= 11 is 4.80. The minimum Gasteiger partial charge on any atom is -0.481 e. The number of halogens is 1. The van der Waals surface area contributed by atoms with Gasteiger partial charge in [-0.3, -0.25) is 4.79 Å². The third-order valence-electron chi connectivity index (χ3n) is 1.85. The molecule has 15 heavy (non-hydrogen) atoms. The molecule has 0 atom stereocenters. The van der Waals surface area contributed by atoms with Crippen LogP contribution in [-0.2, 0) is 16.5 Å². The number of carboxylic acids is 1. The SMILES string of the molecule is CSc1ncc(CCC(=O)O)c(CBr)n1. The molecule has 0 radical (unpaired) electrons. The van der Waals surface area contributed by atoms with Crippen LogP contribution in [0.3, 0.4) is 0 Å². The zero-order valence-corrected chi connectivity index (χ0v) is 10.6. The zero-order valence-electron chi connectivity index (χ0n) is 8.23. The Morgan fingerprint density at radius 2 is 2.40 bits per heavy atom. The molecule has 0 saturated heterocycles. The van der Waals surface area contributed by atoms with E-state index in [2.05, 4.69) is 25.9 Å². The molecule has 0 aliphatic rings. The Balaban J connectivity index is 2.82. The number of hydrogen-bond donors (Lipinski definition) is 1. The molecule has 6 heteroatoms. The summed E-state index contributed by atoms with van der Waals surface area (Å²) in [6.07, 6.45) is 4.20. The molecule has 1 heterocycles. The second-order valence-electron chi connectivity index (χ2n) is 2.86. The van der Waals surface area contributed by atoms with Gasteiger partial charge in [0.25, 0.3) is 0 Å². The number of thioether (sulfide) groups is 1. The third-order valence-corrected chi connectivity index (χ3v) is 2.94. The van der Waals surface area contributed by atoms with E-state index in [0.29, 0.717) is 16.9 Å². The van der Waals surface area contributed by atoms with Crippen LogP contribution in [0, 0.1) is 0 Å². The quantitative estimate of drug-likeness (QED) is 0.511. The summed E-state index contributed by atoms with van der Waals surface area (Å²) in [7, 11) is 0. The molecule has 1 rings (SSSR count). The minimum atomic E-state index is -0.801. The molecule has 0 saturated carbocycles. The number of nitrogens with zero attached hydrogens (tertiary/aromatic N) is 2. The molecule has 0 fully saturated rings. The first-order valence-electron chi connectivity index (χ1n) is 4.34. The highest BCUT2D eigenvalue weighted by Crippen LogP contribution is 2.15. The van der Waals surface area contributed by atoms with Gasteiger partial charge in [-0.05, 0) is 18.2 Å². The van der Waals surface area contributed by atoms with Crippen molar-refractivity contribution in [3.8, 4) is 0 Å². The summed E-state index contributed by atoms with van der Waals surface area (Å²) < 4.78 is 0. The zero-order chi connectivity index (χ0) is 11.3. The smallest absolute Gasteiger partial charge is 0.303 e. The number of rotatable bonds is 5. The lowest BCUT2D eigenvalue weighted by atomic mass is 10.1. The van der Waals surface area contributed by atoms with Gasteiger partial charge in [0.2, 0.25) is 0 Å². The lowest BCUT2D eigenvalue weighted by Gasteiger charge is -2.05. The van der Waals surface area contributed by atoms with E-state index in [4.69, 9.17) is 5.11 Å². The van der Waals surface area contributed by atoms with E-state index in [0.717, 1.165) is 11.3 Å². The summed E-state index contributed by atoms with van der Waals surface area (Å²) in [4.78, 5) is 18.9. The minimum absolute atomic E-state index is 0.113. The first kappa shape index (κ1) is 12.4. The molecule has 1 N–H and O–H groups in total. The largest absolute Gasteiger partial charge is 0.481 e. The molecular weight excluding hydrogens is 280 g/mol. The van der Waals surface area contributed by atoms with E-state index < -0.39 is 5.97 Å². The topological polar surface area (TPSA) is 63.1 Å². The number of hydrogen-bond acceptors (Lipinski definition) is 4. The molecule has 0 unspecified atom stereocenters. The lowest BCUT2D eigenvalue weighted by Crippen LogP contribution is -2.03. The molecule has 0 bridgehead atoms. The van der Waals surface area contributed by atoms with E-state index in [-0.39, 0.29) is 6.42 Å². The van der Waals surface area contributed by atoms with Crippen molar-refractivity contribution in [3.63, 3.8) is 0 Å². The maximum atomic E-state index is 10.4. The number of aryl methyl sites for hydroxylation is 1. The van der Waals surface area contributed by atoms with Crippen molar-refractivity contribution in [1.29, 1.82) is 0 Å². The first-order valence-corrected chi connectivity index (χ1v) is 6.68. The monoisotopic (exact) mass is 290 g/mol. The molecular formula is C9H11BrN2O2S. The summed E-state index contributed by atoms with van der Waals surface area (Å²) in [5, 5.41) is 9.92. The van der Waals surface area contributed by atoms with Gasteiger partial charge < -0.3 is 5.11 Å². The first-order chi connectivity index (χ1) is 7.17. The van der Waals surface area contributed by atoms with E-state index in [1.54, 1.807) is 6.20 Å². The lowest BCUT2D eigenvalue weighted by molar-refractivity contribution is -0.136. The van der Waals surface area contributed by atoms with E-state index >= 15 is 0 Å². The van der Waals surface area contributed by atoms with Crippen LogP contribution in [-0.4, -0.2) is 27.3 Å². The maximum absolute atomic E-state index is 10.4. The van der Waals surface area contributed by atoms with Crippen molar-refractivity contribution in [3.05, 3.63) is 17.5 Å². The van der Waals surface area contributed by atoms with Crippen LogP contribution < -0.4 is 0 Å². The van der Waals surface area contributed by atoms with Gasteiger partial charge in [-0.15, -0.1) is 0 Å². The fourth-order valence-corrected chi connectivity index (χ4v) is 1.93. The molecule has 0 aliphatic carbocycles. The molecule has 82 valence electrons. The predicted octanol–water partition coefficient (Wildman–Crippen LogP) is 2.11. The summed E-state index contributed by atoms with van der Waals surface area (Å²) in [5.74, 6) is -0.801. The average molecular weight is 291 g/mol. The van der Waals surface area contributed by atoms with Gasteiger partial charge >= 0.3 is 5.97 Å². The molecule has 1 aromatic heterocycles. The Bertz CT molecular complexity index is 360. The van der Waals surface area contributed by atoms with Crippen LogP contribution in [0.5, 0.6) is 0 Å². The van der Waals surface area contributed by atoms with Crippen molar-refractivity contribution in [2.24, 2.45) is 0 Å². The van der Waals surface area contributed by atoms with Crippen LogP contribution in [0.15, 0.2) is 11.4 Å². The van der Waals surface area contributed by atoms with Gasteiger partial charge in [0.1, 0.15) is 0 Å². The number of aliphatic carboxylic acids is 1. The molecule has 0 spiro atoms. The van der Waals surface area contributed by atoms with Gasteiger partial charge in [0.05, 0.1) is 5.69 Å². The van der Waals surface area contributed by atoms with Crippen LogP contribution in [0.1, 0.15) is 17.7 Å². The third kappa shape index (κ3) is 3.79. The number of alkyl halides is 1. The van der Waals surface area contributed by atoms with Crippen molar-refractivity contribution >= 4 is 33.7 Å². The van der Waals surface area contributed by atoms with Gasteiger partial charge in [-0.25, -0.2) is 9.97 Å². The van der Waals surface area contributed by atoms with Gasteiger partial charge in [0, 0.05) is 17.9 Å². The number of aromatic nitrogens is 2. The highest BCUT2D eigenvalue weighted by atomic mass is 79.9.